The lowest BCUT2D eigenvalue weighted by Crippen LogP contribution is -2.16. The van der Waals surface area contributed by atoms with Gasteiger partial charge in [-0.15, -0.1) is 11.3 Å². The van der Waals surface area contributed by atoms with Crippen LogP contribution in [0.4, 0.5) is 0 Å². The number of hydrogen-bond acceptors (Lipinski definition) is 2. The molecule has 0 fully saturated rings. The topological polar surface area (TPSA) is 20.2 Å². The Hall–Kier alpha value is -1.12. The Morgan fingerprint density at radius 3 is 2.94 bits per heavy atom. The number of benzene rings is 1. The first kappa shape index (κ1) is 11.9. The Labute approximate surface area is 112 Å². The lowest BCUT2D eigenvalue weighted by Gasteiger charge is -2.28. The SMILES string of the molecule is Cc1ccccc1C(O)C1CCCc2sccc21. The highest BCUT2D eigenvalue weighted by Crippen LogP contribution is 2.42. The van der Waals surface area contributed by atoms with Gasteiger partial charge in [-0.2, -0.15) is 0 Å². The first-order valence-corrected chi connectivity index (χ1v) is 7.45. The highest BCUT2D eigenvalue weighted by molar-refractivity contribution is 7.10. The fraction of sp³-hybridized carbons (Fsp3) is 0.375. The molecule has 18 heavy (non-hydrogen) atoms. The molecule has 1 heterocycles. The fourth-order valence-electron chi connectivity index (χ4n) is 2.99. The molecule has 3 rings (SSSR count). The largest absolute Gasteiger partial charge is 0.388 e. The summed E-state index contributed by atoms with van der Waals surface area (Å²) in [6, 6.07) is 10.4. The minimum atomic E-state index is -0.361. The molecule has 94 valence electrons. The predicted octanol–water partition coefficient (Wildman–Crippen LogP) is 4.21. The van der Waals surface area contributed by atoms with Crippen LogP contribution in [-0.2, 0) is 6.42 Å². The van der Waals surface area contributed by atoms with Gasteiger partial charge in [-0.1, -0.05) is 24.3 Å². The Bertz CT molecular complexity index is 544. The monoisotopic (exact) mass is 258 g/mol. The average Bonchev–Trinajstić information content (AvgIpc) is 2.86. The first-order valence-electron chi connectivity index (χ1n) is 6.57. The van der Waals surface area contributed by atoms with Crippen molar-refractivity contribution in [2.24, 2.45) is 0 Å². The van der Waals surface area contributed by atoms with Crippen molar-refractivity contribution in [1.29, 1.82) is 0 Å². The molecule has 0 spiro atoms. The van der Waals surface area contributed by atoms with E-state index < -0.39 is 0 Å². The number of rotatable bonds is 2. The van der Waals surface area contributed by atoms with Crippen molar-refractivity contribution >= 4 is 11.3 Å². The molecule has 2 atom stereocenters. The summed E-state index contributed by atoms with van der Waals surface area (Å²) < 4.78 is 0. The van der Waals surface area contributed by atoms with E-state index in [1.54, 1.807) is 0 Å². The van der Waals surface area contributed by atoms with Crippen LogP contribution >= 0.6 is 11.3 Å². The lowest BCUT2D eigenvalue weighted by molar-refractivity contribution is 0.136. The van der Waals surface area contributed by atoms with Gasteiger partial charge in [-0.05, 0) is 54.3 Å². The van der Waals surface area contributed by atoms with Crippen molar-refractivity contribution in [3.63, 3.8) is 0 Å². The summed E-state index contributed by atoms with van der Waals surface area (Å²) >= 11 is 1.83. The molecule has 0 saturated carbocycles. The van der Waals surface area contributed by atoms with E-state index >= 15 is 0 Å². The molecule has 0 saturated heterocycles. The zero-order valence-corrected chi connectivity index (χ0v) is 11.4. The smallest absolute Gasteiger partial charge is 0.0861 e. The summed E-state index contributed by atoms with van der Waals surface area (Å²) in [6.45, 7) is 2.08. The van der Waals surface area contributed by atoms with E-state index in [1.165, 1.54) is 28.8 Å². The van der Waals surface area contributed by atoms with Crippen molar-refractivity contribution in [3.05, 3.63) is 57.3 Å². The molecule has 1 aromatic carbocycles. The van der Waals surface area contributed by atoms with Crippen LogP contribution in [0.1, 0.15) is 46.4 Å². The van der Waals surface area contributed by atoms with Gasteiger partial charge < -0.3 is 5.11 Å². The summed E-state index contributed by atoms with van der Waals surface area (Å²) in [7, 11) is 0. The minimum Gasteiger partial charge on any atom is -0.388 e. The Balaban J connectivity index is 1.95. The molecule has 0 radical (unpaired) electrons. The van der Waals surface area contributed by atoms with E-state index in [0.29, 0.717) is 0 Å². The molecule has 1 aliphatic rings. The standard InChI is InChI=1S/C16H18OS/c1-11-5-2-3-6-12(11)16(17)14-7-4-8-15-13(14)9-10-18-15/h2-3,5-6,9-10,14,16-17H,4,7-8H2,1H3. The maximum absolute atomic E-state index is 10.7. The fourth-order valence-corrected chi connectivity index (χ4v) is 3.98. The van der Waals surface area contributed by atoms with Gasteiger partial charge in [-0.3, -0.25) is 0 Å². The molecular formula is C16H18OS. The van der Waals surface area contributed by atoms with Crippen LogP contribution < -0.4 is 0 Å². The summed E-state index contributed by atoms with van der Waals surface area (Å²) in [6.07, 6.45) is 3.12. The normalized spacial score (nSPS) is 20.4. The summed E-state index contributed by atoms with van der Waals surface area (Å²) in [5, 5.41) is 12.9. The number of fused-ring (bicyclic) bond motifs is 1. The maximum Gasteiger partial charge on any atom is 0.0861 e. The third-order valence-electron chi connectivity index (χ3n) is 3.99. The van der Waals surface area contributed by atoms with E-state index in [-0.39, 0.29) is 12.0 Å². The van der Waals surface area contributed by atoms with Crippen LogP contribution in [-0.4, -0.2) is 5.11 Å². The maximum atomic E-state index is 10.7. The van der Waals surface area contributed by atoms with Gasteiger partial charge in [0.1, 0.15) is 0 Å². The number of aliphatic hydroxyl groups is 1. The number of aryl methyl sites for hydroxylation is 2. The molecule has 2 aromatic rings. The molecule has 1 N–H and O–H groups in total. The number of thiophene rings is 1. The van der Waals surface area contributed by atoms with Crippen molar-refractivity contribution in [2.75, 3.05) is 0 Å². The molecular weight excluding hydrogens is 240 g/mol. The van der Waals surface area contributed by atoms with Gasteiger partial charge >= 0.3 is 0 Å². The van der Waals surface area contributed by atoms with Crippen LogP contribution in [0.3, 0.4) is 0 Å². The predicted molar refractivity (Wildman–Crippen MR) is 76.1 cm³/mol. The van der Waals surface area contributed by atoms with Gasteiger partial charge in [0.15, 0.2) is 0 Å². The average molecular weight is 258 g/mol. The Kier molecular flexibility index (Phi) is 3.23. The summed E-state index contributed by atoms with van der Waals surface area (Å²) in [5.74, 6) is 0.279. The van der Waals surface area contributed by atoms with Crippen molar-refractivity contribution in [2.45, 2.75) is 38.2 Å². The zero-order valence-electron chi connectivity index (χ0n) is 10.6. The van der Waals surface area contributed by atoms with Gasteiger partial charge in [-0.25, -0.2) is 0 Å². The quantitative estimate of drug-likeness (QED) is 0.855. The number of hydrogen-bond donors (Lipinski definition) is 1. The van der Waals surface area contributed by atoms with Crippen LogP contribution in [0.25, 0.3) is 0 Å². The van der Waals surface area contributed by atoms with Gasteiger partial charge in [0, 0.05) is 10.8 Å². The second-order valence-corrected chi connectivity index (χ2v) is 6.10. The van der Waals surface area contributed by atoms with Gasteiger partial charge in [0.2, 0.25) is 0 Å². The highest BCUT2D eigenvalue weighted by Gasteiger charge is 2.28. The molecule has 1 nitrogen and oxygen atoms in total. The van der Waals surface area contributed by atoms with E-state index in [9.17, 15) is 5.11 Å². The minimum absolute atomic E-state index is 0.279. The van der Waals surface area contributed by atoms with Gasteiger partial charge in [0.05, 0.1) is 6.10 Å². The van der Waals surface area contributed by atoms with E-state index in [1.807, 2.05) is 23.5 Å². The lowest BCUT2D eigenvalue weighted by atomic mass is 9.80. The second-order valence-electron chi connectivity index (χ2n) is 5.10. The van der Waals surface area contributed by atoms with Gasteiger partial charge in [0.25, 0.3) is 0 Å². The van der Waals surface area contributed by atoms with Crippen molar-refractivity contribution < 1.29 is 5.11 Å². The Morgan fingerprint density at radius 1 is 1.28 bits per heavy atom. The highest BCUT2D eigenvalue weighted by atomic mass is 32.1. The molecule has 2 unspecified atom stereocenters. The van der Waals surface area contributed by atoms with E-state index in [0.717, 1.165) is 12.0 Å². The number of aliphatic hydroxyl groups excluding tert-OH is 1. The molecule has 0 bridgehead atoms. The zero-order chi connectivity index (χ0) is 12.5. The van der Waals surface area contributed by atoms with Crippen molar-refractivity contribution in [3.8, 4) is 0 Å². The molecule has 1 aromatic heterocycles. The van der Waals surface area contributed by atoms with Crippen LogP contribution in [0.5, 0.6) is 0 Å². The van der Waals surface area contributed by atoms with E-state index in [2.05, 4.69) is 30.5 Å². The molecule has 0 aliphatic heterocycles. The Morgan fingerprint density at radius 2 is 2.11 bits per heavy atom. The van der Waals surface area contributed by atoms with Crippen molar-refractivity contribution in [1.82, 2.24) is 0 Å². The third kappa shape index (κ3) is 2.00. The molecule has 2 heteroatoms. The van der Waals surface area contributed by atoms with Crippen LogP contribution in [0.2, 0.25) is 0 Å². The summed E-state index contributed by atoms with van der Waals surface area (Å²) in [5.41, 5.74) is 3.65. The van der Waals surface area contributed by atoms with E-state index in [4.69, 9.17) is 0 Å². The third-order valence-corrected chi connectivity index (χ3v) is 4.98. The first-order chi connectivity index (χ1) is 8.77. The van der Waals surface area contributed by atoms with Crippen LogP contribution in [0.15, 0.2) is 35.7 Å². The van der Waals surface area contributed by atoms with Crippen LogP contribution in [0, 0.1) is 6.92 Å². The molecule has 1 aliphatic carbocycles. The molecule has 0 amide bonds. The summed E-state index contributed by atoms with van der Waals surface area (Å²) in [4.78, 5) is 1.47. The second kappa shape index (κ2) is 4.87.